The first-order valence-electron chi connectivity index (χ1n) is 8.04. The van der Waals surface area contributed by atoms with Crippen LogP contribution < -0.4 is 14.8 Å². The first kappa shape index (κ1) is 18.1. The van der Waals surface area contributed by atoms with Gasteiger partial charge in [0.05, 0.1) is 6.61 Å². The number of rotatable bonds is 8. The van der Waals surface area contributed by atoms with Gasteiger partial charge < -0.3 is 14.8 Å². The summed E-state index contributed by atoms with van der Waals surface area (Å²) >= 11 is 5.83. The van der Waals surface area contributed by atoms with E-state index in [0.29, 0.717) is 23.1 Å². The molecule has 0 radical (unpaired) electrons. The van der Waals surface area contributed by atoms with Crippen LogP contribution in [0, 0.1) is 0 Å². The molecule has 0 spiro atoms. The fraction of sp³-hybridized carbons (Fsp3) is 0.316. The number of carbonyl (C=O) groups excluding carboxylic acids is 1. The van der Waals surface area contributed by atoms with Gasteiger partial charge in [0.2, 0.25) is 0 Å². The number of carbonyl (C=O) groups is 1. The van der Waals surface area contributed by atoms with Crippen molar-refractivity contribution in [1.82, 2.24) is 0 Å². The highest BCUT2D eigenvalue weighted by Gasteiger charge is 2.15. The predicted octanol–water partition coefficient (Wildman–Crippen LogP) is 4.92. The summed E-state index contributed by atoms with van der Waals surface area (Å²) in [6.45, 7) is 4.48. The van der Waals surface area contributed by atoms with E-state index in [1.165, 1.54) is 0 Å². The first-order chi connectivity index (χ1) is 11.6. The molecule has 2 aromatic carbocycles. The van der Waals surface area contributed by atoms with Crippen molar-refractivity contribution < 1.29 is 14.3 Å². The first-order valence-corrected chi connectivity index (χ1v) is 8.42. The second-order valence-electron chi connectivity index (χ2n) is 5.43. The molecule has 0 aromatic heterocycles. The lowest BCUT2D eigenvalue weighted by Crippen LogP contribution is -2.30. The number of halogens is 1. The molecule has 128 valence electrons. The summed E-state index contributed by atoms with van der Waals surface area (Å²) < 4.78 is 11.3. The average molecular weight is 348 g/mol. The second-order valence-corrected chi connectivity index (χ2v) is 5.87. The van der Waals surface area contributed by atoms with E-state index < -0.39 is 6.10 Å². The molecule has 2 aromatic rings. The summed E-state index contributed by atoms with van der Waals surface area (Å²) in [6, 6.07) is 14.3. The quantitative estimate of drug-likeness (QED) is 0.689. The van der Waals surface area contributed by atoms with Gasteiger partial charge in [0.1, 0.15) is 11.5 Å². The highest BCUT2D eigenvalue weighted by atomic mass is 35.5. The van der Waals surface area contributed by atoms with E-state index in [1.807, 2.05) is 24.3 Å². The fourth-order valence-electron chi connectivity index (χ4n) is 2.01. The Bertz CT molecular complexity index is 658. The smallest absolute Gasteiger partial charge is 0.265 e. The molecule has 1 N–H and O–H groups in total. The molecular formula is C19H22ClNO3. The summed E-state index contributed by atoms with van der Waals surface area (Å²) in [5.74, 6) is 1.11. The van der Waals surface area contributed by atoms with Gasteiger partial charge in [-0.25, -0.2) is 0 Å². The van der Waals surface area contributed by atoms with Gasteiger partial charge in [0.25, 0.3) is 5.91 Å². The highest BCUT2D eigenvalue weighted by Crippen LogP contribution is 2.19. The Morgan fingerprint density at radius 3 is 2.62 bits per heavy atom. The third-order valence-electron chi connectivity index (χ3n) is 3.36. The Morgan fingerprint density at radius 1 is 1.17 bits per heavy atom. The molecule has 2 rings (SSSR count). The van der Waals surface area contributed by atoms with Crippen LogP contribution in [0.3, 0.4) is 0 Å². The van der Waals surface area contributed by atoms with Gasteiger partial charge in [-0.15, -0.1) is 0 Å². The molecular weight excluding hydrogens is 326 g/mol. The van der Waals surface area contributed by atoms with E-state index in [2.05, 4.69) is 12.2 Å². The standard InChI is InChI=1S/C19H22ClNO3/c1-3-4-12-23-18-7-5-6-16(13-18)21-19(22)14(2)24-17-10-8-15(20)9-11-17/h5-11,13-14H,3-4,12H2,1-2H3,(H,21,22). The van der Waals surface area contributed by atoms with Gasteiger partial charge in [0.15, 0.2) is 6.10 Å². The van der Waals surface area contributed by atoms with Crippen LogP contribution in [-0.2, 0) is 4.79 Å². The largest absolute Gasteiger partial charge is 0.494 e. The molecule has 24 heavy (non-hydrogen) atoms. The summed E-state index contributed by atoms with van der Waals surface area (Å²) in [7, 11) is 0. The molecule has 5 heteroatoms. The monoisotopic (exact) mass is 347 g/mol. The number of hydrogen-bond acceptors (Lipinski definition) is 3. The molecule has 1 atom stereocenters. The number of unbranched alkanes of at least 4 members (excludes halogenated alkanes) is 1. The predicted molar refractivity (Wildman–Crippen MR) is 97.0 cm³/mol. The lowest BCUT2D eigenvalue weighted by molar-refractivity contribution is -0.122. The van der Waals surface area contributed by atoms with Crippen LogP contribution in [0.4, 0.5) is 5.69 Å². The summed E-state index contributed by atoms with van der Waals surface area (Å²) in [5, 5.41) is 3.46. The molecule has 4 nitrogen and oxygen atoms in total. The van der Waals surface area contributed by atoms with Crippen LogP contribution in [0.25, 0.3) is 0 Å². The van der Waals surface area contributed by atoms with E-state index in [4.69, 9.17) is 21.1 Å². The zero-order chi connectivity index (χ0) is 17.4. The molecule has 1 unspecified atom stereocenters. The number of nitrogens with one attached hydrogen (secondary N) is 1. The van der Waals surface area contributed by atoms with Crippen LogP contribution in [0.2, 0.25) is 5.02 Å². The lowest BCUT2D eigenvalue weighted by Gasteiger charge is -2.15. The second kappa shape index (κ2) is 9.18. The SMILES string of the molecule is CCCCOc1cccc(NC(=O)C(C)Oc2ccc(Cl)cc2)c1. The molecule has 0 fully saturated rings. The molecule has 0 aliphatic heterocycles. The van der Waals surface area contributed by atoms with Gasteiger partial charge >= 0.3 is 0 Å². The highest BCUT2D eigenvalue weighted by molar-refractivity contribution is 6.30. The number of hydrogen-bond donors (Lipinski definition) is 1. The Morgan fingerprint density at radius 2 is 1.92 bits per heavy atom. The van der Waals surface area contributed by atoms with Crippen molar-refractivity contribution in [3.63, 3.8) is 0 Å². The van der Waals surface area contributed by atoms with E-state index in [-0.39, 0.29) is 5.91 Å². The van der Waals surface area contributed by atoms with Gasteiger partial charge in [-0.3, -0.25) is 4.79 Å². The third kappa shape index (κ3) is 5.78. The van der Waals surface area contributed by atoms with Crippen molar-refractivity contribution in [3.05, 3.63) is 53.6 Å². The summed E-state index contributed by atoms with van der Waals surface area (Å²) in [5.41, 5.74) is 0.681. The Kier molecular flexibility index (Phi) is 6.94. The molecule has 0 heterocycles. The number of benzene rings is 2. The van der Waals surface area contributed by atoms with Crippen LogP contribution in [0.5, 0.6) is 11.5 Å². The van der Waals surface area contributed by atoms with E-state index in [0.717, 1.165) is 18.6 Å². The minimum absolute atomic E-state index is 0.226. The molecule has 0 aliphatic rings. The summed E-state index contributed by atoms with van der Waals surface area (Å²) in [6.07, 6.45) is 1.45. The van der Waals surface area contributed by atoms with Crippen molar-refractivity contribution in [2.24, 2.45) is 0 Å². The molecule has 0 saturated heterocycles. The van der Waals surface area contributed by atoms with Crippen LogP contribution in [-0.4, -0.2) is 18.6 Å². The number of amides is 1. The number of ether oxygens (including phenoxy) is 2. The van der Waals surface area contributed by atoms with Gasteiger partial charge in [0, 0.05) is 16.8 Å². The molecule has 0 bridgehead atoms. The van der Waals surface area contributed by atoms with Crippen LogP contribution >= 0.6 is 11.6 Å². The maximum atomic E-state index is 12.3. The molecule has 1 amide bonds. The minimum atomic E-state index is -0.629. The summed E-state index contributed by atoms with van der Waals surface area (Å²) in [4.78, 5) is 12.3. The van der Waals surface area contributed by atoms with E-state index in [1.54, 1.807) is 31.2 Å². The van der Waals surface area contributed by atoms with E-state index >= 15 is 0 Å². The maximum absolute atomic E-state index is 12.3. The fourth-order valence-corrected chi connectivity index (χ4v) is 2.14. The lowest BCUT2D eigenvalue weighted by atomic mass is 10.2. The number of anilines is 1. The van der Waals surface area contributed by atoms with Crippen molar-refractivity contribution in [2.45, 2.75) is 32.8 Å². The zero-order valence-electron chi connectivity index (χ0n) is 13.9. The van der Waals surface area contributed by atoms with Gasteiger partial charge in [-0.2, -0.15) is 0 Å². The molecule has 0 saturated carbocycles. The van der Waals surface area contributed by atoms with Crippen LogP contribution in [0.1, 0.15) is 26.7 Å². The van der Waals surface area contributed by atoms with Crippen LogP contribution in [0.15, 0.2) is 48.5 Å². The van der Waals surface area contributed by atoms with Crippen molar-refractivity contribution >= 4 is 23.2 Å². The minimum Gasteiger partial charge on any atom is -0.494 e. The zero-order valence-corrected chi connectivity index (χ0v) is 14.7. The van der Waals surface area contributed by atoms with Crippen molar-refractivity contribution in [2.75, 3.05) is 11.9 Å². The van der Waals surface area contributed by atoms with Gasteiger partial charge in [-0.1, -0.05) is 31.0 Å². The normalized spacial score (nSPS) is 11.6. The average Bonchev–Trinajstić information content (AvgIpc) is 2.57. The topological polar surface area (TPSA) is 47.6 Å². The Balaban J connectivity index is 1.90. The Labute approximate surface area is 147 Å². The Hall–Kier alpha value is -2.20. The van der Waals surface area contributed by atoms with Crippen molar-refractivity contribution in [1.29, 1.82) is 0 Å². The van der Waals surface area contributed by atoms with Crippen molar-refractivity contribution in [3.8, 4) is 11.5 Å². The maximum Gasteiger partial charge on any atom is 0.265 e. The van der Waals surface area contributed by atoms with E-state index in [9.17, 15) is 4.79 Å². The molecule has 0 aliphatic carbocycles. The third-order valence-corrected chi connectivity index (χ3v) is 3.62. The van der Waals surface area contributed by atoms with Gasteiger partial charge in [-0.05, 0) is 49.7 Å².